The molecule has 33 heavy (non-hydrogen) atoms. The molecule has 1 saturated heterocycles. The second kappa shape index (κ2) is 9.88. The molecule has 2 N–H and O–H groups in total. The lowest BCUT2D eigenvalue weighted by Crippen LogP contribution is -2.32. The number of pyridine rings is 1. The Bertz CT molecular complexity index is 1180. The zero-order valence-electron chi connectivity index (χ0n) is 18.3. The van der Waals surface area contributed by atoms with Crippen LogP contribution in [0.25, 0.3) is 5.69 Å². The predicted molar refractivity (Wildman–Crippen MR) is 137 cm³/mol. The van der Waals surface area contributed by atoms with Gasteiger partial charge in [0.1, 0.15) is 0 Å². The summed E-state index contributed by atoms with van der Waals surface area (Å²) in [5.41, 5.74) is 4.47. The maximum Gasteiger partial charge on any atom is 0.170 e. The summed E-state index contributed by atoms with van der Waals surface area (Å²) in [5, 5.41) is 7.84. The van der Waals surface area contributed by atoms with Gasteiger partial charge in [0, 0.05) is 42.6 Å². The number of benzene rings is 2. The third kappa shape index (κ3) is 4.61. The largest absolute Gasteiger partial charge is 0.385 e. The molecule has 3 heterocycles. The van der Waals surface area contributed by atoms with E-state index in [1.165, 1.54) is 5.69 Å². The monoisotopic (exact) mass is 453 g/mol. The molecule has 1 fully saturated rings. The van der Waals surface area contributed by atoms with Crippen molar-refractivity contribution in [3.63, 3.8) is 0 Å². The molecule has 0 spiro atoms. The fourth-order valence-electron chi connectivity index (χ4n) is 4.46. The first-order valence-electron chi connectivity index (χ1n) is 11.3. The fourth-order valence-corrected chi connectivity index (χ4v) is 4.80. The minimum Gasteiger partial charge on any atom is -0.385 e. The molecule has 166 valence electrons. The van der Waals surface area contributed by atoms with E-state index in [4.69, 9.17) is 12.2 Å². The highest BCUT2D eigenvalue weighted by atomic mass is 32.1. The Morgan fingerprint density at radius 2 is 1.64 bits per heavy atom. The maximum absolute atomic E-state index is 5.83. The number of aromatic nitrogens is 2. The molecule has 2 aromatic carbocycles. The smallest absolute Gasteiger partial charge is 0.170 e. The summed E-state index contributed by atoms with van der Waals surface area (Å²) >= 11 is 5.83. The van der Waals surface area contributed by atoms with E-state index < -0.39 is 0 Å². The Labute approximate surface area is 200 Å². The Morgan fingerprint density at radius 3 is 2.39 bits per heavy atom. The van der Waals surface area contributed by atoms with E-state index in [0.29, 0.717) is 0 Å². The average molecular weight is 454 g/mol. The maximum atomic E-state index is 5.83. The van der Waals surface area contributed by atoms with Crippen molar-refractivity contribution in [2.75, 3.05) is 18.4 Å². The summed E-state index contributed by atoms with van der Waals surface area (Å²) in [6.45, 7) is 1.73. The molecule has 5 rings (SSSR count). The van der Waals surface area contributed by atoms with Gasteiger partial charge < -0.3 is 20.1 Å². The van der Waals surface area contributed by atoms with Crippen LogP contribution >= 0.6 is 12.2 Å². The Kier molecular flexibility index (Phi) is 6.35. The Morgan fingerprint density at radius 1 is 0.879 bits per heavy atom. The molecule has 0 saturated carbocycles. The summed E-state index contributed by atoms with van der Waals surface area (Å²) in [6.07, 6.45) is 4.94. The molecule has 6 heteroatoms. The molecule has 0 bridgehead atoms. The van der Waals surface area contributed by atoms with Crippen molar-refractivity contribution >= 4 is 23.0 Å². The third-order valence-corrected chi connectivity index (χ3v) is 6.35. The molecular formula is C27H27N5S. The molecule has 4 aromatic rings. The van der Waals surface area contributed by atoms with Crippen LogP contribution in [0.5, 0.6) is 0 Å². The summed E-state index contributed by atoms with van der Waals surface area (Å²) < 4.78 is 2.26. The second-order valence-corrected chi connectivity index (χ2v) is 8.49. The SMILES string of the molecule is S=C1NC(c2ccccn2)C(c2cccn2-c2ccccc2)N1CCCNc1ccccc1. The van der Waals surface area contributed by atoms with Gasteiger partial charge in [-0.05, 0) is 67.2 Å². The van der Waals surface area contributed by atoms with Crippen LogP contribution in [0.4, 0.5) is 5.69 Å². The first-order chi connectivity index (χ1) is 16.3. The molecule has 0 radical (unpaired) electrons. The van der Waals surface area contributed by atoms with E-state index in [-0.39, 0.29) is 12.1 Å². The van der Waals surface area contributed by atoms with E-state index in [1.807, 2.05) is 42.6 Å². The van der Waals surface area contributed by atoms with Crippen molar-refractivity contribution in [2.24, 2.45) is 0 Å². The molecule has 2 unspecified atom stereocenters. The van der Waals surface area contributed by atoms with Gasteiger partial charge in [0.2, 0.25) is 0 Å². The summed E-state index contributed by atoms with van der Waals surface area (Å²) in [6, 6.07) is 31.1. The van der Waals surface area contributed by atoms with Gasteiger partial charge in [-0.25, -0.2) is 0 Å². The zero-order chi connectivity index (χ0) is 22.5. The zero-order valence-corrected chi connectivity index (χ0v) is 19.2. The summed E-state index contributed by atoms with van der Waals surface area (Å²) in [7, 11) is 0. The predicted octanol–water partition coefficient (Wildman–Crippen LogP) is 5.35. The van der Waals surface area contributed by atoms with Crippen LogP contribution in [-0.4, -0.2) is 32.7 Å². The molecule has 5 nitrogen and oxygen atoms in total. The van der Waals surface area contributed by atoms with Gasteiger partial charge in [-0.2, -0.15) is 0 Å². The fraction of sp³-hybridized carbons (Fsp3) is 0.185. The van der Waals surface area contributed by atoms with E-state index in [9.17, 15) is 0 Å². The quantitative estimate of drug-likeness (QED) is 0.278. The number of thiocarbonyl (C=S) groups is 1. The lowest BCUT2D eigenvalue weighted by atomic mass is 10.0. The van der Waals surface area contributed by atoms with E-state index in [1.54, 1.807) is 0 Å². The lowest BCUT2D eigenvalue weighted by molar-refractivity contribution is 0.307. The second-order valence-electron chi connectivity index (χ2n) is 8.10. The van der Waals surface area contributed by atoms with Crippen molar-refractivity contribution < 1.29 is 0 Å². The van der Waals surface area contributed by atoms with E-state index in [0.717, 1.165) is 41.7 Å². The number of hydrogen-bond acceptors (Lipinski definition) is 3. The van der Waals surface area contributed by atoms with Crippen LogP contribution < -0.4 is 10.6 Å². The molecule has 1 aliphatic rings. The van der Waals surface area contributed by atoms with Crippen LogP contribution in [-0.2, 0) is 0 Å². The number of nitrogens with zero attached hydrogens (tertiary/aromatic N) is 3. The van der Waals surface area contributed by atoms with Crippen molar-refractivity contribution in [1.29, 1.82) is 0 Å². The van der Waals surface area contributed by atoms with Crippen LogP contribution in [0, 0.1) is 0 Å². The topological polar surface area (TPSA) is 45.1 Å². The first-order valence-corrected chi connectivity index (χ1v) is 11.7. The first kappa shape index (κ1) is 21.2. The Balaban J connectivity index is 1.41. The van der Waals surface area contributed by atoms with Crippen LogP contribution in [0.1, 0.15) is 29.9 Å². The van der Waals surface area contributed by atoms with Crippen molar-refractivity contribution in [3.8, 4) is 5.69 Å². The van der Waals surface area contributed by atoms with Crippen LogP contribution in [0.2, 0.25) is 0 Å². The highest BCUT2D eigenvalue weighted by molar-refractivity contribution is 7.80. The van der Waals surface area contributed by atoms with E-state index in [2.05, 4.69) is 85.9 Å². The van der Waals surface area contributed by atoms with Gasteiger partial charge in [0.25, 0.3) is 0 Å². The number of nitrogens with one attached hydrogen (secondary N) is 2. The molecule has 2 aromatic heterocycles. The molecule has 0 aliphatic carbocycles. The minimum atomic E-state index is -0.0156. The van der Waals surface area contributed by atoms with Crippen LogP contribution in [0.3, 0.4) is 0 Å². The van der Waals surface area contributed by atoms with Crippen molar-refractivity contribution in [3.05, 3.63) is 115 Å². The molecule has 1 aliphatic heterocycles. The standard InChI is InChI=1S/C27H27N5S/c33-27-30-25(23-15-7-8-17-29-23)26(24-16-9-19-31(24)22-13-5-2-6-14-22)32(27)20-10-18-28-21-11-3-1-4-12-21/h1-9,11-17,19,25-26,28H,10,18,20H2,(H,30,33). The Hall–Kier alpha value is -3.64. The van der Waals surface area contributed by atoms with Gasteiger partial charge in [-0.15, -0.1) is 0 Å². The number of hydrogen-bond donors (Lipinski definition) is 2. The van der Waals surface area contributed by atoms with Crippen LogP contribution in [0.15, 0.2) is 103 Å². The average Bonchev–Trinajstić information content (AvgIpc) is 3.48. The lowest BCUT2D eigenvalue weighted by Gasteiger charge is -2.29. The normalized spacial score (nSPS) is 17.7. The summed E-state index contributed by atoms with van der Waals surface area (Å²) in [5.74, 6) is 0. The minimum absolute atomic E-state index is 0.0156. The highest BCUT2D eigenvalue weighted by Crippen LogP contribution is 2.39. The summed E-state index contributed by atoms with van der Waals surface area (Å²) in [4.78, 5) is 6.97. The number of para-hydroxylation sites is 2. The van der Waals surface area contributed by atoms with Gasteiger partial charge in [-0.3, -0.25) is 4.98 Å². The third-order valence-electron chi connectivity index (χ3n) is 5.99. The molecule has 0 amide bonds. The number of anilines is 1. The van der Waals surface area contributed by atoms with E-state index >= 15 is 0 Å². The van der Waals surface area contributed by atoms with Crippen molar-refractivity contribution in [1.82, 2.24) is 19.8 Å². The van der Waals surface area contributed by atoms with Crippen molar-refractivity contribution in [2.45, 2.75) is 18.5 Å². The van der Waals surface area contributed by atoms with Gasteiger partial charge in [0.05, 0.1) is 17.8 Å². The van der Waals surface area contributed by atoms with Gasteiger partial charge in [0.15, 0.2) is 5.11 Å². The van der Waals surface area contributed by atoms with Gasteiger partial charge in [-0.1, -0.05) is 42.5 Å². The molecule has 2 atom stereocenters. The number of rotatable bonds is 8. The molecular weight excluding hydrogens is 426 g/mol. The highest BCUT2D eigenvalue weighted by Gasteiger charge is 2.40. The van der Waals surface area contributed by atoms with Gasteiger partial charge >= 0.3 is 0 Å².